The second-order valence-corrected chi connectivity index (χ2v) is 7.07. The molecule has 0 aliphatic heterocycles. The summed E-state index contributed by atoms with van der Waals surface area (Å²) in [4.78, 5) is 14.5. The van der Waals surface area contributed by atoms with E-state index >= 15 is 0 Å². The molecule has 23 heavy (non-hydrogen) atoms. The van der Waals surface area contributed by atoms with Crippen molar-refractivity contribution in [2.24, 2.45) is 11.1 Å². The molecule has 2 rings (SSSR count). The van der Waals surface area contributed by atoms with E-state index in [4.69, 9.17) is 22.1 Å². The van der Waals surface area contributed by atoms with Crippen LogP contribution >= 0.6 is 24.0 Å². The highest BCUT2D eigenvalue weighted by atomic mass is 35.5. The van der Waals surface area contributed by atoms with E-state index in [0.29, 0.717) is 24.6 Å². The maximum absolute atomic E-state index is 12.8. The molecular weight excluding hydrogens is 335 g/mol. The van der Waals surface area contributed by atoms with Crippen LogP contribution in [-0.4, -0.2) is 36.1 Å². The maximum atomic E-state index is 12.8. The van der Waals surface area contributed by atoms with E-state index in [1.165, 1.54) is 0 Å². The zero-order chi connectivity index (χ0) is 16.5. The van der Waals surface area contributed by atoms with Crippen LogP contribution in [0, 0.1) is 5.41 Å². The van der Waals surface area contributed by atoms with Gasteiger partial charge in [0.1, 0.15) is 5.54 Å². The molecule has 2 atom stereocenters. The van der Waals surface area contributed by atoms with Crippen LogP contribution in [0.5, 0.6) is 0 Å². The smallest absolute Gasteiger partial charge is 0.243 e. The SMILES string of the molecule is CCOC1CC(N)(C(=O)N(C)Cc2ccc(Cl)cc2)C1(C)C.Cl. The molecule has 1 fully saturated rings. The van der Waals surface area contributed by atoms with Gasteiger partial charge in [-0.25, -0.2) is 0 Å². The first-order chi connectivity index (χ1) is 10.2. The van der Waals surface area contributed by atoms with Crippen LogP contribution in [0.2, 0.25) is 5.02 Å². The molecule has 1 aliphatic carbocycles. The summed E-state index contributed by atoms with van der Waals surface area (Å²) >= 11 is 5.88. The Hall–Kier alpha value is -0.810. The van der Waals surface area contributed by atoms with E-state index in [2.05, 4.69) is 0 Å². The van der Waals surface area contributed by atoms with Gasteiger partial charge in [0.25, 0.3) is 0 Å². The van der Waals surface area contributed by atoms with Crippen LogP contribution in [0.15, 0.2) is 24.3 Å². The zero-order valence-electron chi connectivity index (χ0n) is 14.1. The number of ether oxygens (including phenoxy) is 1. The first-order valence-electron chi connectivity index (χ1n) is 7.63. The molecule has 0 heterocycles. The molecule has 0 aromatic heterocycles. The molecule has 4 nitrogen and oxygen atoms in total. The predicted molar refractivity (Wildman–Crippen MR) is 95.9 cm³/mol. The van der Waals surface area contributed by atoms with Crippen molar-refractivity contribution in [3.63, 3.8) is 0 Å². The molecule has 0 spiro atoms. The van der Waals surface area contributed by atoms with E-state index in [1.807, 2.05) is 45.0 Å². The van der Waals surface area contributed by atoms with Crippen LogP contribution < -0.4 is 5.73 Å². The maximum Gasteiger partial charge on any atom is 0.243 e. The first-order valence-corrected chi connectivity index (χ1v) is 8.00. The van der Waals surface area contributed by atoms with E-state index in [0.717, 1.165) is 5.56 Å². The van der Waals surface area contributed by atoms with Crippen molar-refractivity contribution in [1.29, 1.82) is 0 Å². The molecular formula is C17H26Cl2N2O2. The number of likely N-dealkylation sites (N-methyl/N-ethyl adjacent to an activating group) is 1. The summed E-state index contributed by atoms with van der Waals surface area (Å²) in [6.45, 7) is 7.13. The van der Waals surface area contributed by atoms with E-state index in [-0.39, 0.29) is 29.8 Å². The number of nitrogens with two attached hydrogens (primary N) is 1. The molecule has 6 heteroatoms. The van der Waals surface area contributed by atoms with Gasteiger partial charge in [0, 0.05) is 37.1 Å². The fraction of sp³-hybridized carbons (Fsp3) is 0.588. The summed E-state index contributed by atoms with van der Waals surface area (Å²) < 4.78 is 5.68. The molecule has 0 bridgehead atoms. The molecule has 2 unspecified atom stereocenters. The number of hydrogen-bond donors (Lipinski definition) is 1. The van der Waals surface area contributed by atoms with Gasteiger partial charge < -0.3 is 15.4 Å². The number of halogens is 2. The number of nitrogens with zero attached hydrogens (tertiary/aromatic N) is 1. The van der Waals surface area contributed by atoms with E-state index in [9.17, 15) is 4.79 Å². The Labute approximate surface area is 149 Å². The van der Waals surface area contributed by atoms with Crippen molar-refractivity contribution >= 4 is 29.9 Å². The summed E-state index contributed by atoms with van der Waals surface area (Å²) in [7, 11) is 1.79. The van der Waals surface area contributed by atoms with Gasteiger partial charge in [-0.1, -0.05) is 37.6 Å². The highest BCUT2D eigenvalue weighted by Gasteiger charge is 2.63. The lowest BCUT2D eigenvalue weighted by Gasteiger charge is -2.58. The number of rotatable bonds is 5. The Morgan fingerprint density at radius 1 is 1.39 bits per heavy atom. The fourth-order valence-electron chi connectivity index (χ4n) is 3.07. The normalized spacial score (nSPS) is 25.2. The molecule has 0 radical (unpaired) electrons. The Morgan fingerprint density at radius 2 is 1.96 bits per heavy atom. The Kier molecular flexibility index (Phi) is 6.50. The lowest BCUT2D eigenvalue weighted by molar-refractivity contribution is -0.178. The molecule has 130 valence electrons. The van der Waals surface area contributed by atoms with E-state index in [1.54, 1.807) is 11.9 Å². The van der Waals surface area contributed by atoms with Gasteiger partial charge in [-0.3, -0.25) is 4.79 Å². The molecule has 2 N–H and O–H groups in total. The Bertz CT molecular complexity index is 548. The van der Waals surface area contributed by atoms with E-state index < -0.39 is 5.54 Å². The Balaban J connectivity index is 0.00000264. The second kappa shape index (κ2) is 7.39. The molecule has 1 aliphatic rings. The fourth-order valence-corrected chi connectivity index (χ4v) is 3.20. The topological polar surface area (TPSA) is 55.6 Å². The summed E-state index contributed by atoms with van der Waals surface area (Å²) in [5, 5.41) is 0.688. The molecule has 1 aromatic carbocycles. The van der Waals surface area contributed by atoms with Crippen molar-refractivity contribution < 1.29 is 9.53 Å². The average Bonchev–Trinajstić information content (AvgIpc) is 2.48. The summed E-state index contributed by atoms with van der Waals surface area (Å²) in [6.07, 6.45) is 0.604. The van der Waals surface area contributed by atoms with Gasteiger partial charge >= 0.3 is 0 Å². The number of carbonyl (C=O) groups is 1. The van der Waals surface area contributed by atoms with Gasteiger partial charge in [0.05, 0.1) is 6.10 Å². The largest absolute Gasteiger partial charge is 0.378 e. The molecule has 0 saturated heterocycles. The lowest BCUT2D eigenvalue weighted by atomic mass is 9.54. The number of carbonyl (C=O) groups excluding carboxylic acids is 1. The van der Waals surface area contributed by atoms with Crippen LogP contribution in [0.25, 0.3) is 0 Å². The van der Waals surface area contributed by atoms with Gasteiger partial charge in [0.2, 0.25) is 5.91 Å². The van der Waals surface area contributed by atoms with Crippen LogP contribution in [-0.2, 0) is 16.1 Å². The number of hydrogen-bond acceptors (Lipinski definition) is 3. The van der Waals surface area contributed by atoms with Gasteiger partial charge in [0.15, 0.2) is 0 Å². The first kappa shape index (κ1) is 20.2. The van der Waals surface area contributed by atoms with Crippen molar-refractivity contribution in [3.05, 3.63) is 34.9 Å². The van der Waals surface area contributed by atoms with Crippen molar-refractivity contribution in [2.45, 2.75) is 45.4 Å². The number of benzene rings is 1. The highest BCUT2D eigenvalue weighted by molar-refractivity contribution is 6.30. The predicted octanol–water partition coefficient (Wildman–Crippen LogP) is 3.25. The summed E-state index contributed by atoms with van der Waals surface area (Å²) in [6, 6.07) is 7.49. The minimum absolute atomic E-state index is 0. The summed E-state index contributed by atoms with van der Waals surface area (Å²) in [5.74, 6) is -0.0385. The monoisotopic (exact) mass is 360 g/mol. The quantitative estimate of drug-likeness (QED) is 0.876. The third kappa shape index (κ3) is 3.66. The average molecular weight is 361 g/mol. The van der Waals surface area contributed by atoms with Crippen LogP contribution in [0.4, 0.5) is 0 Å². The number of amides is 1. The zero-order valence-corrected chi connectivity index (χ0v) is 15.7. The molecule has 1 saturated carbocycles. The highest BCUT2D eigenvalue weighted by Crippen LogP contribution is 2.50. The Morgan fingerprint density at radius 3 is 2.43 bits per heavy atom. The van der Waals surface area contributed by atoms with Crippen molar-refractivity contribution in [3.8, 4) is 0 Å². The van der Waals surface area contributed by atoms with Crippen LogP contribution in [0.3, 0.4) is 0 Å². The van der Waals surface area contributed by atoms with Crippen LogP contribution in [0.1, 0.15) is 32.8 Å². The third-order valence-corrected chi connectivity index (χ3v) is 5.14. The molecule has 1 amide bonds. The van der Waals surface area contributed by atoms with Crippen molar-refractivity contribution in [1.82, 2.24) is 4.90 Å². The minimum Gasteiger partial charge on any atom is -0.378 e. The van der Waals surface area contributed by atoms with Gasteiger partial charge in [-0.2, -0.15) is 0 Å². The van der Waals surface area contributed by atoms with Gasteiger partial charge in [-0.05, 0) is 24.6 Å². The van der Waals surface area contributed by atoms with Gasteiger partial charge in [-0.15, -0.1) is 12.4 Å². The standard InChI is InChI=1S/C17H25ClN2O2.ClH/c1-5-22-14-10-17(19,16(14,2)3)15(21)20(4)11-12-6-8-13(18)9-7-12;/h6-9,14H,5,10-11,19H2,1-4H3;1H. The van der Waals surface area contributed by atoms with Crippen molar-refractivity contribution in [2.75, 3.05) is 13.7 Å². The second-order valence-electron chi connectivity index (χ2n) is 6.63. The third-order valence-electron chi connectivity index (χ3n) is 4.89. The minimum atomic E-state index is -0.867. The summed E-state index contributed by atoms with van der Waals surface area (Å²) in [5.41, 5.74) is 6.23. The lowest BCUT2D eigenvalue weighted by Crippen LogP contribution is -2.75. The molecule has 1 aromatic rings.